The van der Waals surface area contributed by atoms with Crippen LogP contribution in [0.2, 0.25) is 0 Å². The van der Waals surface area contributed by atoms with Crippen LogP contribution in [0.5, 0.6) is 0 Å². The molecule has 1 aliphatic carbocycles. The quantitative estimate of drug-likeness (QED) is 0.404. The van der Waals surface area contributed by atoms with Crippen molar-refractivity contribution in [2.75, 3.05) is 64.8 Å². The molecule has 0 spiro atoms. The molecule has 2 saturated heterocycles. The van der Waals surface area contributed by atoms with Crippen molar-refractivity contribution in [3.05, 3.63) is 47.7 Å². The normalized spacial score (nSPS) is 20.0. The second kappa shape index (κ2) is 12.9. The van der Waals surface area contributed by atoms with Gasteiger partial charge in [0.15, 0.2) is 5.13 Å². The van der Waals surface area contributed by atoms with E-state index in [0.717, 1.165) is 31.2 Å². The highest BCUT2D eigenvalue weighted by molar-refractivity contribution is 7.89. The van der Waals surface area contributed by atoms with E-state index in [1.54, 1.807) is 41.3 Å². The Morgan fingerprint density at radius 2 is 1.67 bits per heavy atom. The summed E-state index contributed by atoms with van der Waals surface area (Å²) in [6.07, 6.45) is 5.19. The molecule has 0 bridgehead atoms. The Bertz CT molecular complexity index is 1560. The van der Waals surface area contributed by atoms with Gasteiger partial charge in [-0.3, -0.25) is 9.59 Å². The Balaban J connectivity index is 1.19. The van der Waals surface area contributed by atoms with Gasteiger partial charge < -0.3 is 19.9 Å². The van der Waals surface area contributed by atoms with Crippen LogP contribution in [-0.2, 0) is 19.6 Å². The Labute approximate surface area is 256 Å². The fourth-order valence-electron chi connectivity index (χ4n) is 6.13. The number of amides is 2. The van der Waals surface area contributed by atoms with Crippen molar-refractivity contribution >= 4 is 48.7 Å². The van der Waals surface area contributed by atoms with Gasteiger partial charge in [0.2, 0.25) is 15.9 Å². The molecule has 13 heteroatoms. The Morgan fingerprint density at radius 3 is 2.37 bits per heavy atom. The van der Waals surface area contributed by atoms with Gasteiger partial charge in [0.1, 0.15) is 16.0 Å². The van der Waals surface area contributed by atoms with Crippen LogP contribution in [0.15, 0.2) is 41.3 Å². The first-order chi connectivity index (χ1) is 20.8. The number of hydrogen-bond acceptors (Lipinski definition) is 9. The summed E-state index contributed by atoms with van der Waals surface area (Å²) in [5.41, 5.74) is 1.76. The number of morpholine rings is 1. The van der Waals surface area contributed by atoms with Crippen LogP contribution in [0.1, 0.15) is 54.1 Å². The summed E-state index contributed by atoms with van der Waals surface area (Å²) in [5, 5.41) is 3.43. The van der Waals surface area contributed by atoms with Gasteiger partial charge in [0.25, 0.3) is 5.91 Å². The highest BCUT2D eigenvalue weighted by atomic mass is 32.2. The zero-order valence-electron chi connectivity index (χ0n) is 24.4. The molecular formula is C30H38N6O5S2. The summed E-state index contributed by atoms with van der Waals surface area (Å²) in [5.74, 6) is -0.318. The van der Waals surface area contributed by atoms with Gasteiger partial charge in [-0.25, -0.2) is 18.4 Å². The molecule has 230 valence electrons. The second-order valence-corrected chi connectivity index (χ2v) is 14.6. The number of anilines is 1. The molecule has 4 heterocycles. The van der Waals surface area contributed by atoms with Gasteiger partial charge in [-0.2, -0.15) is 4.31 Å². The first kappa shape index (κ1) is 30.1. The molecule has 2 aromatic heterocycles. The van der Waals surface area contributed by atoms with E-state index < -0.39 is 15.9 Å². The van der Waals surface area contributed by atoms with Crippen LogP contribution in [0.25, 0.3) is 10.3 Å². The number of nitrogens with one attached hydrogen (secondary N) is 1. The number of likely N-dealkylation sites (N-methyl/N-ethyl adjacent to an activating group) is 1. The number of ether oxygens (including phenoxy) is 1. The van der Waals surface area contributed by atoms with E-state index in [0.29, 0.717) is 86.0 Å². The number of pyridine rings is 1. The number of sulfonamides is 1. The molecule has 1 unspecified atom stereocenters. The van der Waals surface area contributed by atoms with Crippen LogP contribution in [0.4, 0.5) is 5.13 Å². The van der Waals surface area contributed by atoms with Gasteiger partial charge in [-0.15, -0.1) is 0 Å². The molecule has 1 N–H and O–H groups in total. The number of thiazole rings is 1. The average Bonchev–Trinajstić information content (AvgIpc) is 3.69. The fourth-order valence-corrected chi connectivity index (χ4v) is 8.40. The topological polar surface area (TPSA) is 125 Å². The number of nitrogens with zero attached hydrogens (tertiary/aromatic N) is 5. The molecule has 1 saturated carbocycles. The summed E-state index contributed by atoms with van der Waals surface area (Å²) in [6.45, 7) is 4.44. The second-order valence-electron chi connectivity index (χ2n) is 11.6. The lowest BCUT2D eigenvalue weighted by molar-refractivity contribution is -0.118. The monoisotopic (exact) mass is 626 g/mol. The van der Waals surface area contributed by atoms with Crippen LogP contribution < -0.4 is 5.32 Å². The fraction of sp³-hybridized carbons (Fsp3) is 0.533. The highest BCUT2D eigenvalue weighted by Gasteiger charge is 2.30. The number of carbonyl (C=O) groups excluding carboxylic acids is 2. The molecule has 3 fully saturated rings. The molecule has 43 heavy (non-hydrogen) atoms. The third-order valence-corrected chi connectivity index (χ3v) is 11.5. The van der Waals surface area contributed by atoms with E-state index in [9.17, 15) is 18.0 Å². The minimum atomic E-state index is -3.59. The van der Waals surface area contributed by atoms with Crippen molar-refractivity contribution in [3.63, 3.8) is 0 Å². The maximum absolute atomic E-state index is 13.8. The molecule has 0 radical (unpaired) electrons. The predicted octanol–water partition coefficient (Wildman–Crippen LogP) is 3.40. The molecule has 3 aliphatic rings. The van der Waals surface area contributed by atoms with Crippen molar-refractivity contribution in [2.24, 2.45) is 5.92 Å². The zero-order chi connectivity index (χ0) is 30.0. The molecule has 1 aromatic carbocycles. The smallest absolute Gasteiger partial charge is 0.272 e. The zero-order valence-corrected chi connectivity index (χ0v) is 26.0. The van der Waals surface area contributed by atoms with Crippen LogP contribution in [-0.4, -0.2) is 104 Å². The van der Waals surface area contributed by atoms with E-state index in [2.05, 4.69) is 20.2 Å². The van der Waals surface area contributed by atoms with Crippen LogP contribution in [0.3, 0.4) is 0 Å². The average molecular weight is 627 g/mol. The van der Waals surface area contributed by atoms with E-state index in [-0.39, 0.29) is 16.7 Å². The lowest BCUT2D eigenvalue weighted by Crippen LogP contribution is -2.47. The summed E-state index contributed by atoms with van der Waals surface area (Å²) in [4.78, 5) is 40.5. The summed E-state index contributed by atoms with van der Waals surface area (Å²) >= 11 is 1.24. The SMILES string of the molecule is CN1CCN(S(=O)(=O)c2ccc(C(CC3CCCC3)C(=O)Nc3nc4ccc(C(=O)N5CCOCC5)nc4s3)cc2)CC1. The number of carbonyl (C=O) groups is 2. The number of benzene rings is 1. The van der Waals surface area contributed by atoms with Gasteiger partial charge in [-0.05, 0) is 49.2 Å². The molecule has 11 nitrogen and oxygen atoms in total. The van der Waals surface area contributed by atoms with Crippen LogP contribution in [0, 0.1) is 5.92 Å². The van der Waals surface area contributed by atoms with Crippen molar-refractivity contribution in [2.45, 2.75) is 42.9 Å². The third kappa shape index (κ3) is 6.75. The molecule has 2 amide bonds. The Hall–Kier alpha value is -2.97. The Kier molecular flexibility index (Phi) is 9.05. The first-order valence-electron chi connectivity index (χ1n) is 15.0. The number of piperazine rings is 1. The van der Waals surface area contributed by atoms with Crippen molar-refractivity contribution in [1.82, 2.24) is 24.1 Å². The first-order valence-corrected chi connectivity index (χ1v) is 17.3. The van der Waals surface area contributed by atoms with Crippen molar-refractivity contribution < 1.29 is 22.7 Å². The number of rotatable bonds is 8. The number of aromatic nitrogens is 2. The number of fused-ring (bicyclic) bond motifs is 1. The largest absolute Gasteiger partial charge is 0.378 e. The maximum Gasteiger partial charge on any atom is 0.272 e. The van der Waals surface area contributed by atoms with Crippen molar-refractivity contribution in [3.8, 4) is 0 Å². The minimum Gasteiger partial charge on any atom is -0.378 e. The minimum absolute atomic E-state index is 0.140. The van der Waals surface area contributed by atoms with E-state index >= 15 is 0 Å². The lowest BCUT2D eigenvalue weighted by Gasteiger charge is -2.31. The maximum atomic E-state index is 13.8. The van der Waals surface area contributed by atoms with Gasteiger partial charge in [0.05, 0.1) is 24.0 Å². The molecule has 6 rings (SSSR count). The predicted molar refractivity (Wildman–Crippen MR) is 165 cm³/mol. The molecule has 3 aromatic rings. The van der Waals surface area contributed by atoms with Crippen molar-refractivity contribution in [1.29, 1.82) is 0 Å². The van der Waals surface area contributed by atoms with Crippen LogP contribution >= 0.6 is 11.3 Å². The van der Waals surface area contributed by atoms with Gasteiger partial charge >= 0.3 is 0 Å². The number of hydrogen-bond donors (Lipinski definition) is 1. The summed E-state index contributed by atoms with van der Waals surface area (Å²) in [7, 11) is -1.60. The molecule has 1 atom stereocenters. The van der Waals surface area contributed by atoms with E-state index in [1.807, 2.05) is 7.05 Å². The molecule has 2 aliphatic heterocycles. The molecular weight excluding hydrogens is 589 g/mol. The van der Waals surface area contributed by atoms with E-state index in [4.69, 9.17) is 4.74 Å². The standard InChI is InChI=1S/C30H38N6O5S2/c1-34-12-14-36(15-13-34)43(39,40)23-8-6-22(7-9-23)24(20-21-4-2-3-5-21)27(37)33-30-32-25-10-11-26(31-28(25)42-30)29(38)35-16-18-41-19-17-35/h6-11,21,24H,2-5,12-20H2,1H3,(H,32,33,37). The lowest BCUT2D eigenvalue weighted by atomic mass is 9.87. The van der Waals surface area contributed by atoms with E-state index in [1.165, 1.54) is 15.6 Å². The summed E-state index contributed by atoms with van der Waals surface area (Å²) in [6, 6.07) is 10.3. The van der Waals surface area contributed by atoms with Gasteiger partial charge in [0, 0.05) is 39.3 Å². The highest BCUT2D eigenvalue weighted by Crippen LogP contribution is 2.36. The Morgan fingerprint density at radius 1 is 0.977 bits per heavy atom. The third-order valence-electron chi connectivity index (χ3n) is 8.75. The van der Waals surface area contributed by atoms with Gasteiger partial charge in [-0.1, -0.05) is 49.2 Å². The summed E-state index contributed by atoms with van der Waals surface area (Å²) < 4.78 is 33.4.